The summed E-state index contributed by atoms with van der Waals surface area (Å²) in [5.41, 5.74) is 5.11. The zero-order chi connectivity index (χ0) is 19.5. The van der Waals surface area contributed by atoms with Gasteiger partial charge in [0.05, 0.1) is 13.7 Å². The number of carbonyl (C=O) groups excluding carboxylic acids is 2. The van der Waals surface area contributed by atoms with Gasteiger partial charge in [-0.2, -0.15) is 5.10 Å². The van der Waals surface area contributed by atoms with Crippen LogP contribution >= 0.6 is 0 Å². The summed E-state index contributed by atoms with van der Waals surface area (Å²) >= 11 is 0. The smallest absolute Gasteiger partial charge is 0.259 e. The summed E-state index contributed by atoms with van der Waals surface area (Å²) in [7, 11) is 1.57. The van der Waals surface area contributed by atoms with Gasteiger partial charge in [0.15, 0.2) is 0 Å². The van der Waals surface area contributed by atoms with Crippen molar-refractivity contribution in [2.45, 2.75) is 13.3 Å². The quantitative estimate of drug-likeness (QED) is 0.429. The van der Waals surface area contributed by atoms with Gasteiger partial charge in [-0.05, 0) is 24.6 Å². The first-order valence-electron chi connectivity index (χ1n) is 8.53. The second-order valence-corrected chi connectivity index (χ2v) is 5.84. The van der Waals surface area contributed by atoms with E-state index in [2.05, 4.69) is 15.8 Å². The topological polar surface area (TPSA) is 79.8 Å². The molecule has 2 N–H and O–H groups in total. The van der Waals surface area contributed by atoms with Crippen LogP contribution in [0.15, 0.2) is 65.8 Å². The van der Waals surface area contributed by atoms with Crippen LogP contribution in [-0.4, -0.2) is 31.2 Å². The molecule has 0 heterocycles. The summed E-state index contributed by atoms with van der Waals surface area (Å²) in [4.78, 5) is 23.6. The summed E-state index contributed by atoms with van der Waals surface area (Å²) in [6, 6.07) is 17.2. The maximum atomic E-state index is 11.8. The highest BCUT2D eigenvalue weighted by Gasteiger charge is 2.04. The van der Waals surface area contributed by atoms with E-state index in [1.54, 1.807) is 19.3 Å². The highest BCUT2D eigenvalue weighted by atomic mass is 16.5. The van der Waals surface area contributed by atoms with Crippen molar-refractivity contribution in [2.75, 3.05) is 13.7 Å². The van der Waals surface area contributed by atoms with Crippen LogP contribution in [0.4, 0.5) is 0 Å². The Bertz CT molecular complexity index is 830. The minimum absolute atomic E-state index is 0.156. The van der Waals surface area contributed by atoms with E-state index in [4.69, 9.17) is 4.74 Å². The summed E-state index contributed by atoms with van der Waals surface area (Å²) < 4.78 is 5.21. The van der Waals surface area contributed by atoms with Crippen LogP contribution in [0.5, 0.6) is 5.75 Å². The molecule has 0 fully saturated rings. The number of carbonyl (C=O) groups is 2. The first-order valence-corrected chi connectivity index (χ1v) is 8.53. The number of hydrazone groups is 1. The molecule has 6 nitrogen and oxygen atoms in total. The average Bonchev–Trinajstić information content (AvgIpc) is 2.70. The third-order valence-corrected chi connectivity index (χ3v) is 3.65. The van der Waals surface area contributed by atoms with Crippen LogP contribution in [-0.2, 0) is 16.0 Å². The lowest BCUT2D eigenvalue weighted by atomic mass is 10.1. The third-order valence-electron chi connectivity index (χ3n) is 3.65. The number of amides is 2. The molecule has 0 atom stereocenters. The first-order chi connectivity index (χ1) is 13.1. The summed E-state index contributed by atoms with van der Waals surface area (Å²) in [5, 5.41) is 6.56. The average molecular weight is 365 g/mol. The summed E-state index contributed by atoms with van der Waals surface area (Å²) in [5.74, 6) is -0.0926. The van der Waals surface area contributed by atoms with Crippen molar-refractivity contribution < 1.29 is 14.3 Å². The molecule has 0 saturated heterocycles. The molecule has 27 heavy (non-hydrogen) atoms. The molecule has 0 aromatic heterocycles. The van der Waals surface area contributed by atoms with Crippen LogP contribution in [0.3, 0.4) is 0 Å². The second-order valence-electron chi connectivity index (χ2n) is 5.84. The summed E-state index contributed by atoms with van der Waals surface area (Å²) in [6.07, 6.45) is 3.64. The van der Waals surface area contributed by atoms with Crippen molar-refractivity contribution in [2.24, 2.45) is 5.10 Å². The molecule has 2 amide bonds. The maximum Gasteiger partial charge on any atom is 0.259 e. The van der Waals surface area contributed by atoms with E-state index >= 15 is 0 Å². The van der Waals surface area contributed by atoms with Gasteiger partial charge < -0.3 is 10.1 Å². The lowest BCUT2D eigenvalue weighted by molar-refractivity contribution is -0.123. The molecule has 2 aromatic carbocycles. The van der Waals surface area contributed by atoms with Gasteiger partial charge in [0.2, 0.25) is 5.91 Å². The molecule has 0 unspecified atom stereocenters. The van der Waals surface area contributed by atoms with Crippen molar-refractivity contribution in [3.63, 3.8) is 0 Å². The predicted octanol–water partition coefficient (Wildman–Crippen LogP) is 2.56. The van der Waals surface area contributed by atoms with Gasteiger partial charge in [-0.1, -0.05) is 48.5 Å². The normalized spacial score (nSPS) is 11.3. The van der Waals surface area contributed by atoms with Gasteiger partial charge in [-0.25, -0.2) is 5.43 Å². The zero-order valence-corrected chi connectivity index (χ0v) is 15.4. The molecule has 0 aliphatic heterocycles. The molecule has 0 radical (unpaired) electrons. The molecular formula is C21H23N3O3. The minimum atomic E-state index is -0.388. The first kappa shape index (κ1) is 19.9. The number of methoxy groups -OCH3 is 1. The number of ether oxygens (including phenoxy) is 1. The number of para-hydroxylation sites is 1. The van der Waals surface area contributed by atoms with E-state index < -0.39 is 0 Å². The van der Waals surface area contributed by atoms with Crippen LogP contribution in [0.2, 0.25) is 0 Å². The molecule has 2 rings (SSSR count). The van der Waals surface area contributed by atoms with Gasteiger partial charge in [0.1, 0.15) is 5.75 Å². The van der Waals surface area contributed by atoms with Crippen molar-refractivity contribution >= 4 is 23.6 Å². The predicted molar refractivity (Wildman–Crippen MR) is 106 cm³/mol. The van der Waals surface area contributed by atoms with Gasteiger partial charge in [-0.3, -0.25) is 9.59 Å². The van der Waals surface area contributed by atoms with Gasteiger partial charge in [0, 0.05) is 23.8 Å². The fraction of sp³-hybridized carbons (Fsp3) is 0.190. The van der Waals surface area contributed by atoms with E-state index in [9.17, 15) is 9.59 Å². The van der Waals surface area contributed by atoms with E-state index in [0.717, 1.165) is 16.8 Å². The molecule has 0 spiro atoms. The fourth-order valence-electron chi connectivity index (χ4n) is 2.32. The number of hydrogen-bond acceptors (Lipinski definition) is 4. The third kappa shape index (κ3) is 7.15. The van der Waals surface area contributed by atoms with Crippen molar-refractivity contribution in [3.8, 4) is 5.75 Å². The SMILES string of the molecule is COc1ccccc1/C=C\C(=O)NCC(=O)NN=C(C)Cc1ccccc1. The Morgan fingerprint density at radius 2 is 1.78 bits per heavy atom. The highest BCUT2D eigenvalue weighted by Crippen LogP contribution is 2.18. The Morgan fingerprint density at radius 3 is 2.52 bits per heavy atom. The van der Waals surface area contributed by atoms with Crippen LogP contribution in [0, 0.1) is 0 Å². The minimum Gasteiger partial charge on any atom is -0.496 e. The van der Waals surface area contributed by atoms with E-state index in [1.165, 1.54) is 6.08 Å². The molecule has 140 valence electrons. The molecule has 0 aliphatic rings. The highest BCUT2D eigenvalue weighted by molar-refractivity contribution is 5.94. The number of hydrogen-bond donors (Lipinski definition) is 2. The van der Waals surface area contributed by atoms with Crippen molar-refractivity contribution in [1.82, 2.24) is 10.7 Å². The molecule has 6 heteroatoms. The van der Waals surface area contributed by atoms with Crippen LogP contribution in [0.25, 0.3) is 6.08 Å². The number of benzene rings is 2. The fourth-order valence-corrected chi connectivity index (χ4v) is 2.32. The number of nitrogens with zero attached hydrogens (tertiary/aromatic N) is 1. The lowest BCUT2D eigenvalue weighted by Crippen LogP contribution is -2.34. The van der Waals surface area contributed by atoms with Gasteiger partial charge in [0.25, 0.3) is 5.91 Å². The van der Waals surface area contributed by atoms with E-state index in [1.807, 2.05) is 55.5 Å². The van der Waals surface area contributed by atoms with Crippen molar-refractivity contribution in [3.05, 3.63) is 71.8 Å². The standard InChI is InChI=1S/C21H23N3O3/c1-16(14-17-8-4-3-5-9-17)23-24-21(26)15-22-20(25)13-12-18-10-6-7-11-19(18)27-2/h3-13H,14-15H2,1-2H3,(H,22,25)(H,24,26)/b13-12-,23-16?. The number of rotatable bonds is 8. The number of nitrogens with one attached hydrogen (secondary N) is 2. The van der Waals surface area contributed by atoms with Crippen molar-refractivity contribution in [1.29, 1.82) is 0 Å². The molecular weight excluding hydrogens is 342 g/mol. The zero-order valence-electron chi connectivity index (χ0n) is 15.4. The molecule has 0 aliphatic carbocycles. The molecule has 0 saturated carbocycles. The Labute approximate surface area is 158 Å². The largest absolute Gasteiger partial charge is 0.496 e. The van der Waals surface area contributed by atoms with E-state index in [0.29, 0.717) is 12.2 Å². The Balaban J connectivity index is 1.77. The van der Waals surface area contributed by atoms with E-state index in [-0.39, 0.29) is 18.4 Å². The lowest BCUT2D eigenvalue weighted by Gasteiger charge is -2.05. The van der Waals surface area contributed by atoms with Gasteiger partial charge >= 0.3 is 0 Å². The Hall–Kier alpha value is -3.41. The van der Waals surface area contributed by atoms with Crippen LogP contribution < -0.4 is 15.5 Å². The monoisotopic (exact) mass is 365 g/mol. The maximum absolute atomic E-state index is 11.8. The molecule has 2 aromatic rings. The Morgan fingerprint density at radius 1 is 1.07 bits per heavy atom. The molecule has 0 bridgehead atoms. The van der Waals surface area contributed by atoms with Gasteiger partial charge in [-0.15, -0.1) is 0 Å². The second kappa shape index (κ2) is 10.6. The van der Waals surface area contributed by atoms with Crippen LogP contribution in [0.1, 0.15) is 18.1 Å². The Kier molecular flexibility index (Phi) is 7.78. The summed E-state index contributed by atoms with van der Waals surface area (Å²) in [6.45, 7) is 1.68.